The van der Waals surface area contributed by atoms with Gasteiger partial charge in [-0.3, -0.25) is 4.79 Å². The van der Waals surface area contributed by atoms with Crippen molar-refractivity contribution in [3.63, 3.8) is 0 Å². The number of aromatic nitrogens is 2. The average Bonchev–Trinajstić information content (AvgIpc) is 2.83. The maximum Gasteiger partial charge on any atom is 0.224 e. The number of rotatable bonds is 3. The second kappa shape index (κ2) is 5.61. The number of nitrogens with zero attached hydrogens (tertiary/aromatic N) is 2. The fraction of sp³-hybridized carbons (Fsp3) is 0.692. The van der Waals surface area contributed by atoms with Gasteiger partial charge < -0.3 is 15.4 Å². The van der Waals surface area contributed by atoms with Gasteiger partial charge in [0.2, 0.25) is 5.91 Å². The molecule has 19 heavy (non-hydrogen) atoms. The van der Waals surface area contributed by atoms with Crippen LogP contribution < -0.4 is 10.6 Å². The number of hydrogen-bond donors (Lipinski definition) is 2. The molecule has 1 unspecified atom stereocenters. The number of nitrogens with one attached hydrogen (secondary N) is 2. The van der Waals surface area contributed by atoms with Crippen LogP contribution in [0, 0.1) is 5.92 Å². The molecular weight excluding hydrogens is 244 g/mol. The molecule has 3 heterocycles. The molecule has 0 aromatic carbocycles. The summed E-state index contributed by atoms with van der Waals surface area (Å²) in [6.45, 7) is 3.39. The number of anilines is 2. The van der Waals surface area contributed by atoms with Crippen molar-refractivity contribution in [3.05, 3.63) is 6.20 Å². The van der Waals surface area contributed by atoms with Crippen LogP contribution in [0.3, 0.4) is 0 Å². The van der Waals surface area contributed by atoms with Crippen molar-refractivity contribution in [2.24, 2.45) is 5.92 Å². The minimum Gasteiger partial charge on any atom is -0.381 e. The molecule has 0 radical (unpaired) electrons. The Bertz CT molecular complexity index is 451. The minimum atomic E-state index is 0.0543. The lowest BCUT2D eigenvalue weighted by atomic mass is 9.98. The second-order valence-electron chi connectivity index (χ2n) is 5.25. The quantitative estimate of drug-likeness (QED) is 0.867. The van der Waals surface area contributed by atoms with Crippen molar-refractivity contribution in [1.82, 2.24) is 9.78 Å². The Morgan fingerprint density at radius 2 is 2.53 bits per heavy atom. The molecule has 1 aromatic rings. The summed E-state index contributed by atoms with van der Waals surface area (Å²) in [4.78, 5) is 12.0. The lowest BCUT2D eigenvalue weighted by molar-refractivity contribution is -0.118. The molecule has 2 aliphatic rings. The van der Waals surface area contributed by atoms with Crippen molar-refractivity contribution < 1.29 is 9.53 Å². The standard InChI is InChI=1S/C13H20N4O2/c18-12(7-10-3-1-6-19-9-10)16-11-8-15-17-5-2-4-14-13(11)17/h8,10,14H,1-7,9H2,(H,16,18). The summed E-state index contributed by atoms with van der Waals surface area (Å²) in [6, 6.07) is 0. The molecule has 0 spiro atoms. The maximum absolute atomic E-state index is 12.0. The number of ether oxygens (including phenoxy) is 1. The maximum atomic E-state index is 12.0. The van der Waals surface area contributed by atoms with Crippen LogP contribution in [-0.2, 0) is 16.1 Å². The van der Waals surface area contributed by atoms with Crippen molar-refractivity contribution in [2.45, 2.75) is 32.2 Å². The summed E-state index contributed by atoms with van der Waals surface area (Å²) < 4.78 is 7.31. The van der Waals surface area contributed by atoms with Gasteiger partial charge in [-0.2, -0.15) is 5.10 Å². The topological polar surface area (TPSA) is 68.2 Å². The number of amides is 1. The Balaban J connectivity index is 1.58. The first-order valence-electron chi connectivity index (χ1n) is 7.00. The Morgan fingerprint density at radius 3 is 3.37 bits per heavy atom. The molecule has 3 rings (SSSR count). The molecule has 2 aliphatic heterocycles. The molecule has 0 bridgehead atoms. The summed E-state index contributed by atoms with van der Waals surface area (Å²) in [7, 11) is 0. The van der Waals surface area contributed by atoms with E-state index in [-0.39, 0.29) is 5.91 Å². The number of carbonyl (C=O) groups is 1. The van der Waals surface area contributed by atoms with E-state index in [1.165, 1.54) is 0 Å². The molecule has 0 saturated carbocycles. The fourth-order valence-electron chi connectivity index (χ4n) is 2.70. The highest BCUT2D eigenvalue weighted by atomic mass is 16.5. The SMILES string of the molecule is O=C(CC1CCCOC1)Nc1cnn2c1NCCC2. The summed E-state index contributed by atoms with van der Waals surface area (Å²) >= 11 is 0. The normalized spacial score (nSPS) is 22.4. The molecular formula is C13H20N4O2. The summed E-state index contributed by atoms with van der Waals surface area (Å²) in [5, 5.41) is 10.5. The van der Waals surface area contributed by atoms with Gasteiger partial charge in [0.05, 0.1) is 6.20 Å². The van der Waals surface area contributed by atoms with Gasteiger partial charge in [-0.05, 0) is 25.2 Å². The van der Waals surface area contributed by atoms with Gasteiger partial charge in [-0.15, -0.1) is 0 Å². The van der Waals surface area contributed by atoms with Gasteiger partial charge in [0.25, 0.3) is 0 Å². The first kappa shape index (κ1) is 12.5. The Labute approximate surface area is 112 Å². The highest BCUT2D eigenvalue weighted by Crippen LogP contribution is 2.25. The van der Waals surface area contributed by atoms with E-state index in [1.807, 2.05) is 4.68 Å². The van der Waals surface area contributed by atoms with Crippen LogP contribution in [0.15, 0.2) is 6.20 Å². The number of fused-ring (bicyclic) bond motifs is 1. The third-order valence-electron chi connectivity index (χ3n) is 3.68. The molecule has 6 nitrogen and oxygen atoms in total. The number of carbonyl (C=O) groups excluding carboxylic acids is 1. The molecule has 104 valence electrons. The zero-order chi connectivity index (χ0) is 13.1. The molecule has 1 aromatic heterocycles. The Morgan fingerprint density at radius 1 is 1.58 bits per heavy atom. The third-order valence-corrected chi connectivity index (χ3v) is 3.68. The first-order valence-corrected chi connectivity index (χ1v) is 7.00. The van der Waals surface area contributed by atoms with Crippen molar-refractivity contribution in [3.8, 4) is 0 Å². The smallest absolute Gasteiger partial charge is 0.224 e. The van der Waals surface area contributed by atoms with E-state index < -0.39 is 0 Å². The zero-order valence-electron chi connectivity index (χ0n) is 11.0. The van der Waals surface area contributed by atoms with Crippen LogP contribution in [0.5, 0.6) is 0 Å². The van der Waals surface area contributed by atoms with Gasteiger partial charge in [0.1, 0.15) is 11.5 Å². The highest BCUT2D eigenvalue weighted by molar-refractivity contribution is 5.93. The van der Waals surface area contributed by atoms with Gasteiger partial charge in [-0.25, -0.2) is 4.68 Å². The average molecular weight is 264 g/mol. The van der Waals surface area contributed by atoms with E-state index in [4.69, 9.17) is 4.74 Å². The fourth-order valence-corrected chi connectivity index (χ4v) is 2.70. The predicted octanol–water partition coefficient (Wildman–Crippen LogP) is 1.45. The van der Waals surface area contributed by atoms with Crippen molar-refractivity contribution >= 4 is 17.4 Å². The Hall–Kier alpha value is -1.56. The van der Waals surface area contributed by atoms with E-state index >= 15 is 0 Å². The lowest BCUT2D eigenvalue weighted by Gasteiger charge is -2.21. The largest absolute Gasteiger partial charge is 0.381 e. The molecule has 1 amide bonds. The molecule has 2 N–H and O–H groups in total. The van der Waals surface area contributed by atoms with E-state index in [0.717, 1.165) is 50.5 Å². The van der Waals surface area contributed by atoms with E-state index in [0.29, 0.717) is 18.9 Å². The molecule has 6 heteroatoms. The number of hydrogen-bond acceptors (Lipinski definition) is 4. The van der Waals surface area contributed by atoms with Gasteiger partial charge in [0, 0.05) is 32.7 Å². The summed E-state index contributed by atoms with van der Waals surface area (Å²) in [5.41, 5.74) is 0.793. The molecule has 1 saturated heterocycles. The van der Waals surface area contributed by atoms with Crippen molar-refractivity contribution in [1.29, 1.82) is 0 Å². The third kappa shape index (κ3) is 2.89. The van der Waals surface area contributed by atoms with E-state index in [2.05, 4.69) is 15.7 Å². The minimum absolute atomic E-state index is 0.0543. The molecule has 0 aliphatic carbocycles. The highest BCUT2D eigenvalue weighted by Gasteiger charge is 2.20. The van der Waals surface area contributed by atoms with Gasteiger partial charge in [-0.1, -0.05) is 0 Å². The first-order chi connectivity index (χ1) is 9.33. The van der Waals surface area contributed by atoms with E-state index in [9.17, 15) is 4.79 Å². The van der Waals surface area contributed by atoms with Gasteiger partial charge in [0.15, 0.2) is 0 Å². The second-order valence-corrected chi connectivity index (χ2v) is 5.25. The van der Waals surface area contributed by atoms with Crippen LogP contribution in [0.4, 0.5) is 11.5 Å². The predicted molar refractivity (Wildman–Crippen MR) is 72.1 cm³/mol. The lowest BCUT2D eigenvalue weighted by Crippen LogP contribution is -2.24. The Kier molecular flexibility index (Phi) is 3.68. The monoisotopic (exact) mass is 264 g/mol. The van der Waals surface area contributed by atoms with Crippen LogP contribution in [0.25, 0.3) is 0 Å². The van der Waals surface area contributed by atoms with Crippen molar-refractivity contribution in [2.75, 3.05) is 30.4 Å². The summed E-state index contributed by atoms with van der Waals surface area (Å²) in [6.07, 6.45) is 5.47. The zero-order valence-corrected chi connectivity index (χ0v) is 11.0. The van der Waals surface area contributed by atoms with Crippen LogP contribution in [0.1, 0.15) is 25.7 Å². The van der Waals surface area contributed by atoms with Gasteiger partial charge >= 0.3 is 0 Å². The molecule has 1 fully saturated rings. The van der Waals surface area contributed by atoms with E-state index in [1.54, 1.807) is 6.20 Å². The number of aryl methyl sites for hydroxylation is 1. The summed E-state index contributed by atoms with van der Waals surface area (Å²) in [5.74, 6) is 1.34. The van der Waals surface area contributed by atoms with Crippen LogP contribution in [0.2, 0.25) is 0 Å². The van der Waals surface area contributed by atoms with Crippen LogP contribution >= 0.6 is 0 Å². The molecule has 1 atom stereocenters. The van der Waals surface area contributed by atoms with Crippen LogP contribution in [-0.4, -0.2) is 35.4 Å².